The van der Waals surface area contributed by atoms with Gasteiger partial charge >= 0.3 is 6.18 Å². The van der Waals surface area contributed by atoms with Gasteiger partial charge in [0.2, 0.25) is 0 Å². The highest BCUT2D eigenvalue weighted by Gasteiger charge is 2.28. The molecule has 2 aromatic heterocycles. The molecule has 0 aliphatic rings. The van der Waals surface area contributed by atoms with Crippen LogP contribution in [0.15, 0.2) is 36.7 Å². The summed E-state index contributed by atoms with van der Waals surface area (Å²) >= 11 is 6.19. The average molecular weight is 340 g/mol. The lowest BCUT2D eigenvalue weighted by Gasteiger charge is -2.06. The van der Waals surface area contributed by atoms with Gasteiger partial charge in [-0.05, 0) is 12.1 Å². The molecule has 0 saturated heterocycles. The average Bonchev–Trinajstić information content (AvgIpc) is 2.92. The van der Waals surface area contributed by atoms with Crippen molar-refractivity contribution in [3.63, 3.8) is 0 Å². The molecule has 0 N–H and O–H groups in total. The Labute approximate surface area is 133 Å². The number of halogens is 4. The van der Waals surface area contributed by atoms with E-state index in [0.717, 1.165) is 4.68 Å². The van der Waals surface area contributed by atoms with Crippen molar-refractivity contribution in [2.24, 2.45) is 0 Å². The third kappa shape index (κ3) is 3.34. The van der Waals surface area contributed by atoms with E-state index in [2.05, 4.69) is 10.1 Å². The summed E-state index contributed by atoms with van der Waals surface area (Å²) in [5, 5.41) is 4.73. The van der Waals surface area contributed by atoms with E-state index in [1.165, 1.54) is 12.4 Å². The smallest absolute Gasteiger partial charge is 0.298 e. The first-order valence-electron chi connectivity index (χ1n) is 6.51. The van der Waals surface area contributed by atoms with Crippen LogP contribution in [-0.2, 0) is 6.54 Å². The van der Waals surface area contributed by atoms with Crippen molar-refractivity contribution in [2.45, 2.75) is 12.7 Å². The van der Waals surface area contributed by atoms with Crippen LogP contribution in [0.1, 0.15) is 10.4 Å². The SMILES string of the molecule is O=Cc1ccc2c(Cl)cc(-c3cnn(CC(F)(F)F)c3)nc2c1. The predicted molar refractivity (Wildman–Crippen MR) is 79.4 cm³/mol. The quantitative estimate of drug-likeness (QED) is 0.674. The van der Waals surface area contributed by atoms with Gasteiger partial charge in [0, 0.05) is 22.7 Å². The summed E-state index contributed by atoms with van der Waals surface area (Å²) in [6.45, 7) is -1.18. The number of hydrogen-bond donors (Lipinski definition) is 0. The maximum absolute atomic E-state index is 12.4. The van der Waals surface area contributed by atoms with Crippen molar-refractivity contribution in [3.05, 3.63) is 47.2 Å². The second-order valence-corrected chi connectivity index (χ2v) is 5.33. The standard InChI is InChI=1S/C15H9ClF3N3O/c16-12-4-13(10-5-20-22(6-10)8-15(17,18)19)21-14-3-9(7-23)1-2-11(12)14/h1-7H,8H2. The van der Waals surface area contributed by atoms with E-state index < -0.39 is 12.7 Å². The van der Waals surface area contributed by atoms with Gasteiger partial charge in [-0.2, -0.15) is 18.3 Å². The topological polar surface area (TPSA) is 47.8 Å². The summed E-state index contributed by atoms with van der Waals surface area (Å²) in [7, 11) is 0. The second kappa shape index (κ2) is 5.66. The minimum absolute atomic E-state index is 0.388. The van der Waals surface area contributed by atoms with Crippen LogP contribution in [0.4, 0.5) is 13.2 Å². The molecule has 8 heteroatoms. The van der Waals surface area contributed by atoms with Crippen LogP contribution in [0, 0.1) is 0 Å². The number of benzene rings is 1. The highest BCUT2D eigenvalue weighted by molar-refractivity contribution is 6.35. The first-order chi connectivity index (χ1) is 10.9. The molecule has 1 aromatic carbocycles. The summed E-state index contributed by atoms with van der Waals surface area (Å²) in [4.78, 5) is 15.2. The molecular formula is C15H9ClF3N3O. The fourth-order valence-corrected chi connectivity index (χ4v) is 2.45. The molecule has 3 aromatic rings. The van der Waals surface area contributed by atoms with Crippen molar-refractivity contribution in [1.82, 2.24) is 14.8 Å². The zero-order valence-corrected chi connectivity index (χ0v) is 12.3. The summed E-state index contributed by atoms with van der Waals surface area (Å²) in [5.74, 6) is 0. The van der Waals surface area contributed by atoms with Gasteiger partial charge in [0.25, 0.3) is 0 Å². The van der Waals surface area contributed by atoms with Crippen LogP contribution in [-0.4, -0.2) is 27.2 Å². The number of aromatic nitrogens is 3. The Balaban J connectivity index is 2.04. The summed E-state index contributed by atoms with van der Waals surface area (Å²) in [6, 6.07) is 6.41. The maximum Gasteiger partial charge on any atom is 0.408 e. The summed E-state index contributed by atoms with van der Waals surface area (Å²) in [6.07, 6.45) is -1.12. The Hall–Kier alpha value is -2.41. The molecule has 0 fully saturated rings. The van der Waals surface area contributed by atoms with Crippen molar-refractivity contribution in [2.75, 3.05) is 0 Å². The van der Waals surface area contributed by atoms with E-state index in [9.17, 15) is 18.0 Å². The first-order valence-corrected chi connectivity index (χ1v) is 6.88. The van der Waals surface area contributed by atoms with Gasteiger partial charge in [-0.3, -0.25) is 9.48 Å². The number of alkyl halides is 3. The van der Waals surface area contributed by atoms with Crippen LogP contribution in [0.25, 0.3) is 22.2 Å². The number of hydrogen-bond acceptors (Lipinski definition) is 3. The Morgan fingerprint density at radius 3 is 2.74 bits per heavy atom. The van der Waals surface area contributed by atoms with Crippen molar-refractivity contribution >= 4 is 28.8 Å². The van der Waals surface area contributed by atoms with Crippen LogP contribution >= 0.6 is 11.6 Å². The zero-order valence-electron chi connectivity index (χ0n) is 11.5. The zero-order chi connectivity index (χ0) is 16.6. The predicted octanol–water partition coefficient (Wildman–Crippen LogP) is 4.13. The minimum Gasteiger partial charge on any atom is -0.298 e. The van der Waals surface area contributed by atoms with Crippen LogP contribution in [0.3, 0.4) is 0 Å². The number of rotatable bonds is 3. The lowest BCUT2D eigenvalue weighted by atomic mass is 10.1. The molecule has 0 spiro atoms. The molecule has 4 nitrogen and oxygen atoms in total. The molecule has 3 rings (SSSR count). The summed E-state index contributed by atoms with van der Waals surface area (Å²) in [5.41, 5.74) is 1.72. The van der Waals surface area contributed by atoms with Crippen LogP contribution in [0.5, 0.6) is 0 Å². The molecule has 0 radical (unpaired) electrons. The van der Waals surface area contributed by atoms with Crippen molar-refractivity contribution in [3.8, 4) is 11.3 Å². The Morgan fingerprint density at radius 2 is 2.04 bits per heavy atom. The van der Waals surface area contributed by atoms with E-state index in [0.29, 0.717) is 39.0 Å². The van der Waals surface area contributed by atoms with E-state index in [4.69, 9.17) is 11.6 Å². The molecule has 0 atom stereocenters. The molecule has 0 amide bonds. The van der Waals surface area contributed by atoms with Gasteiger partial charge in [0.1, 0.15) is 12.8 Å². The van der Waals surface area contributed by atoms with Crippen LogP contribution in [0.2, 0.25) is 5.02 Å². The number of carbonyl (C=O) groups is 1. The molecule has 23 heavy (non-hydrogen) atoms. The van der Waals surface area contributed by atoms with Crippen molar-refractivity contribution in [1.29, 1.82) is 0 Å². The largest absolute Gasteiger partial charge is 0.408 e. The molecule has 0 aliphatic heterocycles. The molecule has 0 aliphatic carbocycles. The normalized spacial score (nSPS) is 11.8. The fraction of sp³-hybridized carbons (Fsp3) is 0.133. The molecule has 0 saturated carbocycles. The van der Waals surface area contributed by atoms with Gasteiger partial charge < -0.3 is 0 Å². The summed E-state index contributed by atoms with van der Waals surface area (Å²) < 4.78 is 37.9. The molecule has 0 unspecified atom stereocenters. The van der Waals surface area contributed by atoms with Crippen LogP contribution < -0.4 is 0 Å². The van der Waals surface area contributed by atoms with E-state index >= 15 is 0 Å². The maximum atomic E-state index is 12.4. The Bertz CT molecular complexity index is 889. The molecule has 2 heterocycles. The van der Waals surface area contributed by atoms with Crippen molar-refractivity contribution < 1.29 is 18.0 Å². The Kier molecular flexibility index (Phi) is 3.81. The number of nitrogens with zero attached hydrogens (tertiary/aromatic N) is 3. The third-order valence-corrected chi connectivity index (χ3v) is 3.50. The Morgan fingerprint density at radius 1 is 1.26 bits per heavy atom. The number of fused-ring (bicyclic) bond motifs is 1. The highest BCUT2D eigenvalue weighted by atomic mass is 35.5. The monoisotopic (exact) mass is 339 g/mol. The van der Waals surface area contributed by atoms with Gasteiger partial charge in [-0.25, -0.2) is 4.98 Å². The number of aldehydes is 1. The van der Waals surface area contributed by atoms with Gasteiger partial charge in [0.15, 0.2) is 0 Å². The fourth-order valence-electron chi connectivity index (χ4n) is 2.19. The molecular weight excluding hydrogens is 331 g/mol. The van der Waals surface area contributed by atoms with Gasteiger partial charge in [-0.1, -0.05) is 23.7 Å². The third-order valence-electron chi connectivity index (χ3n) is 3.19. The number of carbonyl (C=O) groups excluding carboxylic acids is 1. The van der Waals surface area contributed by atoms with Gasteiger partial charge in [-0.15, -0.1) is 0 Å². The highest BCUT2D eigenvalue weighted by Crippen LogP contribution is 2.28. The lowest BCUT2D eigenvalue weighted by Crippen LogP contribution is -2.17. The van der Waals surface area contributed by atoms with E-state index in [1.807, 2.05) is 0 Å². The van der Waals surface area contributed by atoms with E-state index in [1.54, 1.807) is 24.3 Å². The van der Waals surface area contributed by atoms with Gasteiger partial charge in [0.05, 0.1) is 22.4 Å². The minimum atomic E-state index is -4.35. The first kappa shape index (κ1) is 15.5. The lowest BCUT2D eigenvalue weighted by molar-refractivity contribution is -0.142. The molecule has 118 valence electrons. The van der Waals surface area contributed by atoms with E-state index in [-0.39, 0.29) is 0 Å². The number of pyridine rings is 1. The molecule has 0 bridgehead atoms. The second-order valence-electron chi connectivity index (χ2n) is 4.93.